The van der Waals surface area contributed by atoms with Crippen molar-refractivity contribution < 1.29 is 4.74 Å². The summed E-state index contributed by atoms with van der Waals surface area (Å²) in [7, 11) is 0. The third-order valence-electron chi connectivity index (χ3n) is 2.57. The molecule has 0 aliphatic heterocycles. The molecule has 2 aromatic rings. The van der Waals surface area contributed by atoms with Gasteiger partial charge in [-0.3, -0.25) is 9.59 Å². The van der Waals surface area contributed by atoms with E-state index in [-0.39, 0.29) is 11.4 Å². The van der Waals surface area contributed by atoms with Crippen LogP contribution in [0.5, 0.6) is 5.75 Å². The molecule has 0 aliphatic rings. The summed E-state index contributed by atoms with van der Waals surface area (Å²) in [5, 5.41) is 3.50. The quantitative estimate of drug-likeness (QED) is 0.840. The molecule has 5 heteroatoms. The summed E-state index contributed by atoms with van der Waals surface area (Å²) in [6.07, 6.45) is 0. The van der Waals surface area contributed by atoms with E-state index in [9.17, 15) is 9.59 Å². The summed E-state index contributed by atoms with van der Waals surface area (Å²) in [5.74, 6) is 0.120. The highest BCUT2D eigenvalue weighted by Crippen LogP contribution is 2.20. The Kier molecular flexibility index (Phi) is 3.67. The fraction of sp³-hybridized carbons (Fsp3) is 0.231. The Morgan fingerprint density at radius 2 is 1.94 bits per heavy atom. The SMILES string of the molecule is CCOc1c(NCc2ccccc2Cl)c(=O)c1=O. The fourth-order valence-electron chi connectivity index (χ4n) is 1.64. The van der Waals surface area contributed by atoms with Crippen molar-refractivity contribution in [2.24, 2.45) is 0 Å². The van der Waals surface area contributed by atoms with Gasteiger partial charge in [-0.05, 0) is 18.6 Å². The van der Waals surface area contributed by atoms with Crippen LogP contribution in [0, 0.1) is 0 Å². The minimum Gasteiger partial charge on any atom is -0.488 e. The molecular formula is C13H12ClNO3. The summed E-state index contributed by atoms with van der Waals surface area (Å²) in [6, 6.07) is 7.30. The van der Waals surface area contributed by atoms with Crippen LogP contribution in [0.25, 0.3) is 0 Å². The molecule has 0 fully saturated rings. The van der Waals surface area contributed by atoms with Gasteiger partial charge in [0.2, 0.25) is 0 Å². The first-order chi connectivity index (χ1) is 8.65. The van der Waals surface area contributed by atoms with E-state index < -0.39 is 10.9 Å². The monoisotopic (exact) mass is 265 g/mol. The van der Waals surface area contributed by atoms with Gasteiger partial charge in [0, 0.05) is 11.6 Å². The van der Waals surface area contributed by atoms with Gasteiger partial charge in [0.25, 0.3) is 10.9 Å². The second kappa shape index (κ2) is 5.23. The first-order valence-corrected chi connectivity index (χ1v) is 5.96. The molecular weight excluding hydrogens is 254 g/mol. The van der Waals surface area contributed by atoms with Gasteiger partial charge in [0.1, 0.15) is 5.69 Å². The first kappa shape index (κ1) is 12.6. The molecule has 4 nitrogen and oxygen atoms in total. The Labute approximate surface area is 109 Å². The van der Waals surface area contributed by atoms with Crippen LogP contribution in [-0.4, -0.2) is 6.61 Å². The number of hydrogen-bond acceptors (Lipinski definition) is 4. The summed E-state index contributed by atoms with van der Waals surface area (Å²) < 4.78 is 5.11. The highest BCUT2D eigenvalue weighted by atomic mass is 35.5. The Morgan fingerprint density at radius 3 is 2.61 bits per heavy atom. The maximum absolute atomic E-state index is 11.4. The highest BCUT2D eigenvalue weighted by Gasteiger charge is 2.21. The zero-order valence-corrected chi connectivity index (χ0v) is 10.6. The van der Waals surface area contributed by atoms with Crippen molar-refractivity contribution in [1.29, 1.82) is 0 Å². The summed E-state index contributed by atoms with van der Waals surface area (Å²) in [4.78, 5) is 22.6. The van der Waals surface area contributed by atoms with Gasteiger partial charge in [-0.15, -0.1) is 0 Å². The van der Waals surface area contributed by atoms with Crippen LogP contribution in [0.4, 0.5) is 5.69 Å². The van der Waals surface area contributed by atoms with Crippen LogP contribution < -0.4 is 20.9 Å². The van der Waals surface area contributed by atoms with Crippen LogP contribution >= 0.6 is 11.6 Å². The fourth-order valence-corrected chi connectivity index (χ4v) is 1.84. The average molecular weight is 266 g/mol. The van der Waals surface area contributed by atoms with Gasteiger partial charge in [-0.25, -0.2) is 0 Å². The van der Waals surface area contributed by atoms with E-state index in [1.165, 1.54) is 0 Å². The number of anilines is 1. The predicted octanol–water partition coefficient (Wildman–Crippen LogP) is 1.95. The lowest BCUT2D eigenvalue weighted by Gasteiger charge is -2.13. The van der Waals surface area contributed by atoms with Crippen molar-refractivity contribution in [2.45, 2.75) is 13.5 Å². The molecule has 0 unspecified atom stereocenters. The number of nitrogens with one attached hydrogen (secondary N) is 1. The highest BCUT2D eigenvalue weighted by molar-refractivity contribution is 6.31. The molecule has 0 radical (unpaired) electrons. The third-order valence-corrected chi connectivity index (χ3v) is 2.94. The Hall–Kier alpha value is -1.81. The van der Waals surface area contributed by atoms with E-state index in [1.54, 1.807) is 13.0 Å². The molecule has 0 atom stereocenters. The molecule has 0 saturated heterocycles. The molecule has 0 spiro atoms. The molecule has 94 valence electrons. The maximum Gasteiger partial charge on any atom is 0.272 e. The summed E-state index contributed by atoms with van der Waals surface area (Å²) >= 11 is 5.99. The lowest BCUT2D eigenvalue weighted by molar-refractivity contribution is 0.334. The zero-order chi connectivity index (χ0) is 13.1. The minimum absolute atomic E-state index is 0.120. The lowest BCUT2D eigenvalue weighted by Crippen LogP contribution is -2.35. The van der Waals surface area contributed by atoms with Crippen molar-refractivity contribution in [1.82, 2.24) is 0 Å². The van der Waals surface area contributed by atoms with Crippen molar-refractivity contribution in [3.05, 3.63) is 55.3 Å². The second-order valence-corrected chi connectivity index (χ2v) is 4.15. The van der Waals surface area contributed by atoms with E-state index in [2.05, 4.69) is 5.32 Å². The largest absolute Gasteiger partial charge is 0.488 e. The number of rotatable bonds is 5. The van der Waals surface area contributed by atoms with Crippen LogP contribution in [0.2, 0.25) is 5.02 Å². The standard InChI is InChI=1S/C13H12ClNO3/c1-2-18-13-10(11(16)12(13)17)15-7-8-5-3-4-6-9(8)14/h3-6,15H,2,7H2,1H3. The smallest absolute Gasteiger partial charge is 0.272 e. The van der Waals surface area contributed by atoms with Crippen molar-refractivity contribution in [3.63, 3.8) is 0 Å². The Bertz CT molecular complexity index is 629. The number of benzene rings is 1. The van der Waals surface area contributed by atoms with Gasteiger partial charge >= 0.3 is 0 Å². The topological polar surface area (TPSA) is 55.4 Å². The summed E-state index contributed by atoms with van der Waals surface area (Å²) in [6.45, 7) is 2.49. The molecule has 18 heavy (non-hydrogen) atoms. The molecule has 0 amide bonds. The Morgan fingerprint density at radius 1 is 1.22 bits per heavy atom. The van der Waals surface area contributed by atoms with E-state index >= 15 is 0 Å². The molecule has 0 aliphatic carbocycles. The summed E-state index contributed by atoms with van der Waals surface area (Å²) in [5.41, 5.74) is -0.0135. The maximum atomic E-state index is 11.4. The average Bonchev–Trinajstić information content (AvgIpc) is 2.39. The second-order valence-electron chi connectivity index (χ2n) is 3.74. The van der Waals surface area contributed by atoms with Crippen molar-refractivity contribution >= 4 is 17.3 Å². The molecule has 2 rings (SSSR count). The lowest BCUT2D eigenvalue weighted by atomic mass is 10.2. The molecule has 2 aromatic carbocycles. The van der Waals surface area contributed by atoms with Crippen LogP contribution in [-0.2, 0) is 6.54 Å². The van der Waals surface area contributed by atoms with E-state index in [0.29, 0.717) is 18.2 Å². The van der Waals surface area contributed by atoms with Crippen LogP contribution in [0.3, 0.4) is 0 Å². The third kappa shape index (κ3) is 2.24. The normalized spacial score (nSPS) is 10.6. The number of hydrogen-bond donors (Lipinski definition) is 1. The van der Waals surface area contributed by atoms with E-state index in [0.717, 1.165) is 5.56 Å². The number of halogens is 1. The van der Waals surface area contributed by atoms with E-state index in [4.69, 9.17) is 16.3 Å². The van der Waals surface area contributed by atoms with Gasteiger partial charge in [-0.2, -0.15) is 0 Å². The molecule has 0 heterocycles. The van der Waals surface area contributed by atoms with Gasteiger partial charge < -0.3 is 10.1 Å². The zero-order valence-electron chi connectivity index (χ0n) is 9.83. The van der Waals surface area contributed by atoms with Crippen LogP contribution in [0.1, 0.15) is 12.5 Å². The van der Waals surface area contributed by atoms with Gasteiger partial charge in [-0.1, -0.05) is 29.8 Å². The number of ether oxygens (including phenoxy) is 1. The molecule has 0 bridgehead atoms. The van der Waals surface area contributed by atoms with Crippen molar-refractivity contribution in [2.75, 3.05) is 11.9 Å². The molecule has 1 N–H and O–H groups in total. The van der Waals surface area contributed by atoms with Crippen molar-refractivity contribution in [3.8, 4) is 5.75 Å². The van der Waals surface area contributed by atoms with Gasteiger partial charge in [0.05, 0.1) is 6.61 Å². The Balaban J connectivity index is 2.12. The molecule has 0 saturated carbocycles. The van der Waals surface area contributed by atoms with Gasteiger partial charge in [0.15, 0.2) is 5.75 Å². The predicted molar refractivity (Wildman–Crippen MR) is 71.3 cm³/mol. The first-order valence-electron chi connectivity index (χ1n) is 5.58. The van der Waals surface area contributed by atoms with E-state index in [1.807, 2.05) is 18.2 Å². The minimum atomic E-state index is -0.571. The molecule has 0 aromatic heterocycles. The van der Waals surface area contributed by atoms with Crippen LogP contribution in [0.15, 0.2) is 33.9 Å².